The van der Waals surface area contributed by atoms with Gasteiger partial charge in [0.1, 0.15) is 5.82 Å². The van der Waals surface area contributed by atoms with Crippen LogP contribution < -0.4 is 14.4 Å². The van der Waals surface area contributed by atoms with Crippen LogP contribution in [0.3, 0.4) is 0 Å². The van der Waals surface area contributed by atoms with Crippen LogP contribution in [0.4, 0.5) is 10.1 Å². The van der Waals surface area contributed by atoms with E-state index in [2.05, 4.69) is 31.4 Å². The van der Waals surface area contributed by atoms with E-state index in [4.69, 9.17) is 9.47 Å². The van der Waals surface area contributed by atoms with Gasteiger partial charge >= 0.3 is 0 Å². The monoisotopic (exact) mass is 494 g/mol. The number of para-hydroxylation sites is 1. The predicted octanol–water partition coefficient (Wildman–Crippen LogP) is 3.85. The minimum Gasteiger partial charge on any atom is -0.493 e. The predicted molar refractivity (Wildman–Crippen MR) is 133 cm³/mol. The normalized spacial score (nSPS) is 15.2. The van der Waals surface area contributed by atoms with Crippen molar-refractivity contribution >= 4 is 17.0 Å². The molecule has 0 N–H and O–H groups in total. The Kier molecular flexibility index (Phi) is 6.91. The maximum Gasteiger partial charge on any atom is 0.173 e. The summed E-state index contributed by atoms with van der Waals surface area (Å²) in [5.41, 5.74) is 1.64. The number of halogens is 1. The van der Waals surface area contributed by atoms with Crippen LogP contribution in [0.25, 0.3) is 0 Å². The van der Waals surface area contributed by atoms with E-state index in [1.54, 1.807) is 31.6 Å². The Balaban J connectivity index is 1.47. The first-order chi connectivity index (χ1) is 17.2. The molecule has 8 nitrogen and oxygen atoms in total. The van der Waals surface area contributed by atoms with Gasteiger partial charge in [-0.15, -0.1) is 16.4 Å². The second-order valence-electron chi connectivity index (χ2n) is 8.27. The zero-order valence-corrected chi connectivity index (χ0v) is 20.5. The molecule has 182 valence electrons. The quantitative estimate of drug-likeness (QED) is 0.369. The van der Waals surface area contributed by atoms with Crippen molar-refractivity contribution in [1.82, 2.24) is 25.1 Å². The summed E-state index contributed by atoms with van der Waals surface area (Å²) in [6.07, 6.45) is 0. The molecule has 3 heterocycles. The summed E-state index contributed by atoms with van der Waals surface area (Å²) < 4.78 is 27.3. The highest BCUT2D eigenvalue weighted by molar-refractivity contribution is 7.09. The van der Waals surface area contributed by atoms with Crippen molar-refractivity contribution in [2.75, 3.05) is 45.3 Å². The SMILES string of the molecule is COc1ccc([C@H](c2nnnn2Cc2cccs2)N2CCN(c3ccccc3F)CC2)cc1OC. The van der Waals surface area contributed by atoms with E-state index in [-0.39, 0.29) is 11.9 Å². The first kappa shape index (κ1) is 23.3. The third-order valence-corrected chi connectivity index (χ3v) is 7.15. The van der Waals surface area contributed by atoms with Gasteiger partial charge in [0.2, 0.25) is 0 Å². The van der Waals surface area contributed by atoms with Gasteiger partial charge in [-0.25, -0.2) is 9.07 Å². The number of ether oxygens (including phenoxy) is 2. The highest BCUT2D eigenvalue weighted by Gasteiger charge is 2.32. The number of thiophene rings is 1. The molecule has 1 saturated heterocycles. The Labute approximate surface area is 207 Å². The number of rotatable bonds is 8. The van der Waals surface area contributed by atoms with E-state index in [0.717, 1.165) is 24.5 Å². The van der Waals surface area contributed by atoms with E-state index >= 15 is 0 Å². The van der Waals surface area contributed by atoms with Crippen LogP contribution in [0.2, 0.25) is 0 Å². The van der Waals surface area contributed by atoms with E-state index in [1.807, 2.05) is 46.5 Å². The minimum atomic E-state index is -0.201. The van der Waals surface area contributed by atoms with Gasteiger partial charge < -0.3 is 14.4 Å². The maximum absolute atomic E-state index is 14.4. The number of piperazine rings is 1. The molecular weight excluding hydrogens is 467 g/mol. The molecule has 4 aromatic rings. The lowest BCUT2D eigenvalue weighted by atomic mass is 10.0. The van der Waals surface area contributed by atoms with E-state index in [0.29, 0.717) is 36.8 Å². The maximum atomic E-state index is 14.4. The minimum absolute atomic E-state index is 0.197. The first-order valence-electron chi connectivity index (χ1n) is 11.4. The molecule has 0 aliphatic carbocycles. The summed E-state index contributed by atoms with van der Waals surface area (Å²) in [4.78, 5) is 5.61. The molecule has 1 aliphatic rings. The summed E-state index contributed by atoms with van der Waals surface area (Å²) >= 11 is 1.67. The average Bonchev–Trinajstić information content (AvgIpc) is 3.58. The number of aromatic nitrogens is 4. The van der Waals surface area contributed by atoms with Crippen LogP contribution >= 0.6 is 11.3 Å². The van der Waals surface area contributed by atoms with Gasteiger partial charge in [0.05, 0.1) is 32.5 Å². The van der Waals surface area contributed by atoms with E-state index in [1.165, 1.54) is 10.9 Å². The van der Waals surface area contributed by atoms with Crippen molar-refractivity contribution in [1.29, 1.82) is 0 Å². The van der Waals surface area contributed by atoms with Crippen molar-refractivity contribution in [3.8, 4) is 11.5 Å². The van der Waals surface area contributed by atoms with E-state index < -0.39 is 0 Å². The highest BCUT2D eigenvalue weighted by atomic mass is 32.1. The van der Waals surface area contributed by atoms with Gasteiger partial charge in [-0.1, -0.05) is 24.3 Å². The van der Waals surface area contributed by atoms with Crippen LogP contribution in [0.15, 0.2) is 60.0 Å². The van der Waals surface area contributed by atoms with Gasteiger partial charge in [0.15, 0.2) is 17.3 Å². The average molecular weight is 495 g/mol. The number of hydrogen-bond acceptors (Lipinski definition) is 8. The number of nitrogens with zero attached hydrogens (tertiary/aromatic N) is 6. The van der Waals surface area contributed by atoms with Crippen molar-refractivity contribution in [2.45, 2.75) is 12.6 Å². The Morgan fingerprint density at radius 1 is 0.971 bits per heavy atom. The fraction of sp³-hybridized carbons (Fsp3) is 0.320. The molecule has 2 aromatic carbocycles. The van der Waals surface area contributed by atoms with Crippen LogP contribution in [0.5, 0.6) is 11.5 Å². The highest BCUT2D eigenvalue weighted by Crippen LogP contribution is 2.35. The number of methoxy groups -OCH3 is 2. The zero-order valence-electron chi connectivity index (χ0n) is 19.7. The Hall–Kier alpha value is -3.50. The van der Waals surface area contributed by atoms with Gasteiger partial charge in [-0.05, 0) is 51.7 Å². The van der Waals surface area contributed by atoms with Crippen molar-refractivity contribution < 1.29 is 13.9 Å². The molecule has 0 amide bonds. The summed E-state index contributed by atoms with van der Waals surface area (Å²) in [6.45, 7) is 3.42. The van der Waals surface area contributed by atoms with Gasteiger partial charge in [0, 0.05) is 31.1 Å². The van der Waals surface area contributed by atoms with Gasteiger partial charge in [-0.3, -0.25) is 4.90 Å². The molecule has 1 fully saturated rings. The Bertz CT molecular complexity index is 1260. The second-order valence-corrected chi connectivity index (χ2v) is 9.30. The summed E-state index contributed by atoms with van der Waals surface area (Å²) in [6, 6.07) is 16.7. The lowest BCUT2D eigenvalue weighted by molar-refractivity contribution is 0.200. The van der Waals surface area contributed by atoms with Crippen LogP contribution in [0, 0.1) is 5.82 Å². The second kappa shape index (κ2) is 10.4. The third kappa shape index (κ3) is 4.85. The van der Waals surface area contributed by atoms with Crippen LogP contribution in [-0.4, -0.2) is 65.5 Å². The molecule has 1 atom stereocenters. The smallest absolute Gasteiger partial charge is 0.173 e. The van der Waals surface area contributed by atoms with Gasteiger partial charge in [-0.2, -0.15) is 0 Å². The molecule has 0 radical (unpaired) electrons. The molecule has 0 saturated carbocycles. The summed E-state index contributed by atoms with van der Waals surface area (Å²) in [5, 5.41) is 14.8. The molecule has 2 aromatic heterocycles. The molecule has 0 bridgehead atoms. The third-order valence-electron chi connectivity index (χ3n) is 6.29. The summed E-state index contributed by atoms with van der Waals surface area (Å²) in [7, 11) is 3.25. The lowest BCUT2D eigenvalue weighted by Gasteiger charge is -2.40. The van der Waals surface area contributed by atoms with Crippen LogP contribution in [0.1, 0.15) is 22.3 Å². The zero-order chi connectivity index (χ0) is 24.2. The molecular formula is C25H27FN6O2S. The Morgan fingerprint density at radius 2 is 1.77 bits per heavy atom. The molecule has 0 unspecified atom stereocenters. The molecule has 5 rings (SSSR count). The molecule has 0 spiro atoms. The van der Waals surface area contributed by atoms with Gasteiger partial charge in [0.25, 0.3) is 0 Å². The van der Waals surface area contributed by atoms with E-state index in [9.17, 15) is 4.39 Å². The van der Waals surface area contributed by atoms with Crippen molar-refractivity contribution in [3.63, 3.8) is 0 Å². The lowest BCUT2D eigenvalue weighted by Crippen LogP contribution is -2.48. The number of anilines is 1. The van der Waals surface area contributed by atoms with Crippen molar-refractivity contribution in [2.24, 2.45) is 0 Å². The topological polar surface area (TPSA) is 68.5 Å². The molecule has 35 heavy (non-hydrogen) atoms. The first-order valence-corrected chi connectivity index (χ1v) is 12.3. The van der Waals surface area contributed by atoms with Crippen molar-refractivity contribution in [3.05, 3.63) is 82.1 Å². The Morgan fingerprint density at radius 3 is 2.49 bits per heavy atom. The number of tetrazole rings is 1. The fourth-order valence-corrected chi connectivity index (χ4v) is 5.23. The number of hydrogen-bond donors (Lipinski definition) is 0. The largest absolute Gasteiger partial charge is 0.493 e. The molecule has 1 aliphatic heterocycles. The fourth-order valence-electron chi connectivity index (χ4n) is 4.55. The standard InChI is InChI=1S/C25H27FN6O2S/c1-33-22-10-9-18(16-23(22)34-2)24(25-27-28-29-32(25)17-19-6-5-15-35-19)31-13-11-30(12-14-31)21-8-4-3-7-20(21)26/h3-10,15-16,24H,11-14,17H2,1-2H3/t24-/m1/s1. The summed E-state index contributed by atoms with van der Waals surface area (Å²) in [5.74, 6) is 1.87. The number of benzene rings is 2. The van der Waals surface area contributed by atoms with Crippen LogP contribution in [-0.2, 0) is 6.54 Å². The molecule has 10 heteroatoms.